The van der Waals surface area contributed by atoms with Crippen LogP contribution in [0.3, 0.4) is 0 Å². The summed E-state index contributed by atoms with van der Waals surface area (Å²) in [5.74, 6) is 0.0957. The second-order valence-corrected chi connectivity index (χ2v) is 5.45. The summed E-state index contributed by atoms with van der Waals surface area (Å²) >= 11 is 0. The summed E-state index contributed by atoms with van der Waals surface area (Å²) < 4.78 is 26.5. The highest BCUT2D eigenvalue weighted by Crippen LogP contribution is 2.25. The van der Waals surface area contributed by atoms with Crippen molar-refractivity contribution in [1.82, 2.24) is 4.98 Å². The van der Waals surface area contributed by atoms with Gasteiger partial charge in [0.05, 0.1) is 10.6 Å². The molecule has 0 atom stereocenters. The van der Waals surface area contributed by atoms with Crippen molar-refractivity contribution in [2.45, 2.75) is 4.90 Å². The summed E-state index contributed by atoms with van der Waals surface area (Å²) in [5.41, 5.74) is 5.12. The number of hydrogen-bond donors (Lipinski definition) is 2. The van der Waals surface area contributed by atoms with Crippen molar-refractivity contribution in [2.75, 3.05) is 10.5 Å². The van der Waals surface area contributed by atoms with Crippen molar-refractivity contribution >= 4 is 27.2 Å². The highest BCUT2D eigenvalue weighted by atomic mass is 32.2. The van der Waals surface area contributed by atoms with E-state index in [0.717, 1.165) is 12.1 Å². The van der Waals surface area contributed by atoms with Crippen LogP contribution in [0, 0.1) is 10.1 Å². The van der Waals surface area contributed by atoms with E-state index in [1.165, 1.54) is 18.3 Å². The average molecular weight is 294 g/mol. The van der Waals surface area contributed by atoms with E-state index in [2.05, 4.69) is 9.71 Å². The minimum absolute atomic E-state index is 0.0842. The van der Waals surface area contributed by atoms with Crippen molar-refractivity contribution in [3.05, 3.63) is 52.7 Å². The first kappa shape index (κ1) is 13.7. The maximum absolute atomic E-state index is 12.1. The molecule has 0 spiro atoms. The summed E-state index contributed by atoms with van der Waals surface area (Å²) in [6, 6.07) is 7.88. The van der Waals surface area contributed by atoms with Crippen LogP contribution in [0.4, 0.5) is 17.2 Å². The molecule has 0 aliphatic heterocycles. The summed E-state index contributed by atoms with van der Waals surface area (Å²) in [6.07, 6.45) is 1.41. The lowest BCUT2D eigenvalue weighted by Gasteiger charge is -2.09. The van der Waals surface area contributed by atoms with Crippen LogP contribution in [-0.2, 0) is 10.0 Å². The largest absolute Gasteiger partial charge is 0.398 e. The van der Waals surface area contributed by atoms with Crippen molar-refractivity contribution in [3.8, 4) is 0 Å². The molecule has 0 bridgehead atoms. The van der Waals surface area contributed by atoms with Gasteiger partial charge >= 0.3 is 0 Å². The first-order chi connectivity index (χ1) is 9.40. The lowest BCUT2D eigenvalue weighted by molar-refractivity contribution is -0.385. The van der Waals surface area contributed by atoms with E-state index in [4.69, 9.17) is 5.73 Å². The summed E-state index contributed by atoms with van der Waals surface area (Å²) in [6.45, 7) is 0. The zero-order chi connectivity index (χ0) is 14.8. The van der Waals surface area contributed by atoms with E-state index >= 15 is 0 Å². The van der Waals surface area contributed by atoms with Gasteiger partial charge < -0.3 is 5.73 Å². The Balaban J connectivity index is 2.44. The second-order valence-electron chi connectivity index (χ2n) is 3.80. The normalized spacial score (nSPS) is 11.0. The van der Waals surface area contributed by atoms with Crippen molar-refractivity contribution in [2.24, 2.45) is 0 Å². The summed E-state index contributed by atoms with van der Waals surface area (Å²) in [7, 11) is -4.04. The predicted octanol–water partition coefficient (Wildman–Crippen LogP) is 1.37. The molecule has 8 nitrogen and oxygen atoms in total. The minimum Gasteiger partial charge on any atom is -0.398 e. The third-order valence-electron chi connectivity index (χ3n) is 2.40. The number of pyridine rings is 1. The number of nitro benzene ring substituents is 1. The number of aromatic nitrogens is 1. The zero-order valence-corrected chi connectivity index (χ0v) is 10.9. The topological polar surface area (TPSA) is 128 Å². The van der Waals surface area contributed by atoms with Crippen LogP contribution in [0.2, 0.25) is 0 Å². The molecule has 0 aliphatic carbocycles. The van der Waals surface area contributed by atoms with Crippen LogP contribution in [0.5, 0.6) is 0 Å². The maximum Gasteiger partial charge on any atom is 0.270 e. The van der Waals surface area contributed by atoms with E-state index in [1.54, 1.807) is 12.1 Å². The van der Waals surface area contributed by atoms with Gasteiger partial charge in [0.1, 0.15) is 10.7 Å². The number of sulfonamides is 1. The first-order valence-electron chi connectivity index (χ1n) is 5.38. The standard InChI is InChI=1S/C11H10N4O4S/c12-9-5-4-8(15(16)17)7-10(9)20(18,19)14-11-3-1-2-6-13-11/h1-7H,12H2,(H,13,14). The van der Waals surface area contributed by atoms with E-state index in [1.807, 2.05) is 0 Å². The lowest BCUT2D eigenvalue weighted by Crippen LogP contribution is -2.15. The molecule has 0 saturated heterocycles. The summed E-state index contributed by atoms with van der Waals surface area (Å²) in [5, 5.41) is 10.7. The van der Waals surface area contributed by atoms with E-state index in [0.29, 0.717) is 0 Å². The molecule has 1 aromatic heterocycles. The Morgan fingerprint density at radius 1 is 1.25 bits per heavy atom. The number of benzene rings is 1. The fourth-order valence-corrected chi connectivity index (χ4v) is 2.65. The number of anilines is 2. The van der Waals surface area contributed by atoms with E-state index in [9.17, 15) is 18.5 Å². The highest BCUT2D eigenvalue weighted by molar-refractivity contribution is 7.92. The van der Waals surface area contributed by atoms with Crippen molar-refractivity contribution < 1.29 is 13.3 Å². The molecule has 3 N–H and O–H groups in total. The van der Waals surface area contributed by atoms with Crippen LogP contribution < -0.4 is 10.5 Å². The third kappa shape index (κ3) is 2.83. The molecule has 0 aliphatic rings. The molecule has 0 unspecified atom stereocenters. The Kier molecular flexibility index (Phi) is 3.53. The Bertz CT molecular complexity index is 746. The van der Waals surface area contributed by atoms with Gasteiger partial charge in [-0.05, 0) is 18.2 Å². The van der Waals surface area contributed by atoms with Crippen molar-refractivity contribution in [3.63, 3.8) is 0 Å². The predicted molar refractivity (Wildman–Crippen MR) is 72.6 cm³/mol. The number of rotatable bonds is 4. The molecule has 20 heavy (non-hydrogen) atoms. The van der Waals surface area contributed by atoms with Gasteiger partial charge in [0, 0.05) is 18.3 Å². The van der Waals surface area contributed by atoms with Crippen LogP contribution >= 0.6 is 0 Å². The quantitative estimate of drug-likeness (QED) is 0.498. The SMILES string of the molecule is Nc1ccc([N+](=O)[O-])cc1S(=O)(=O)Nc1ccccn1. The number of nitrogen functional groups attached to an aromatic ring is 1. The molecule has 0 amide bonds. The monoisotopic (exact) mass is 294 g/mol. The number of nitrogens with one attached hydrogen (secondary N) is 1. The third-order valence-corrected chi connectivity index (χ3v) is 3.81. The number of nitrogens with zero attached hydrogens (tertiary/aromatic N) is 2. The van der Waals surface area contributed by atoms with Gasteiger partial charge in [-0.15, -0.1) is 0 Å². The van der Waals surface area contributed by atoms with Gasteiger partial charge in [-0.1, -0.05) is 6.07 Å². The molecule has 104 valence electrons. The fraction of sp³-hybridized carbons (Fsp3) is 0. The molecule has 2 aromatic rings. The molecule has 0 fully saturated rings. The van der Waals surface area contributed by atoms with Crippen LogP contribution in [0.1, 0.15) is 0 Å². The molecule has 1 aromatic carbocycles. The molecular formula is C11H10N4O4S. The molecule has 9 heteroatoms. The van der Waals surface area contributed by atoms with Gasteiger partial charge in [-0.2, -0.15) is 0 Å². The fourth-order valence-electron chi connectivity index (χ4n) is 1.49. The zero-order valence-electron chi connectivity index (χ0n) is 10.1. The number of nitro groups is 1. The Morgan fingerprint density at radius 3 is 2.60 bits per heavy atom. The van der Waals surface area contributed by atoms with Crippen LogP contribution in [-0.4, -0.2) is 18.3 Å². The van der Waals surface area contributed by atoms with Gasteiger partial charge in [0.25, 0.3) is 15.7 Å². The smallest absolute Gasteiger partial charge is 0.270 e. The van der Waals surface area contributed by atoms with E-state index < -0.39 is 14.9 Å². The number of hydrogen-bond acceptors (Lipinski definition) is 6. The van der Waals surface area contributed by atoms with Gasteiger partial charge in [-0.25, -0.2) is 13.4 Å². The number of non-ortho nitro benzene ring substituents is 1. The summed E-state index contributed by atoms with van der Waals surface area (Å²) in [4.78, 5) is 13.4. The Hall–Kier alpha value is -2.68. The van der Waals surface area contributed by atoms with Crippen LogP contribution in [0.25, 0.3) is 0 Å². The molecule has 2 rings (SSSR count). The second kappa shape index (κ2) is 5.13. The molecule has 0 radical (unpaired) electrons. The van der Waals surface area contributed by atoms with Gasteiger partial charge in [-0.3, -0.25) is 14.8 Å². The van der Waals surface area contributed by atoms with Gasteiger partial charge in [0.15, 0.2) is 0 Å². The van der Waals surface area contributed by atoms with Crippen molar-refractivity contribution in [1.29, 1.82) is 0 Å². The Morgan fingerprint density at radius 2 is 2.00 bits per heavy atom. The molecular weight excluding hydrogens is 284 g/mol. The Labute approximate surface area is 114 Å². The van der Waals surface area contributed by atoms with Gasteiger partial charge in [0.2, 0.25) is 0 Å². The highest BCUT2D eigenvalue weighted by Gasteiger charge is 2.21. The first-order valence-corrected chi connectivity index (χ1v) is 6.86. The lowest BCUT2D eigenvalue weighted by atomic mass is 10.3. The average Bonchev–Trinajstić information content (AvgIpc) is 2.39. The molecule has 1 heterocycles. The molecule has 0 saturated carbocycles. The van der Waals surface area contributed by atoms with E-state index in [-0.39, 0.29) is 22.1 Å². The maximum atomic E-state index is 12.1. The number of nitrogens with two attached hydrogens (primary N) is 1. The van der Waals surface area contributed by atoms with Crippen LogP contribution in [0.15, 0.2) is 47.5 Å². The minimum atomic E-state index is -4.04.